The Morgan fingerprint density at radius 2 is 2.06 bits per heavy atom. The molecule has 2 aromatic rings. The lowest BCUT2D eigenvalue weighted by atomic mass is 10.1. The fraction of sp³-hybridized carbons (Fsp3) is 0.286. The SMILES string of the molecule is Cc1nc2c(c(=O)[nH]1)CN(c1ccccc1)CC2. The Morgan fingerprint density at radius 3 is 2.83 bits per heavy atom. The number of nitrogens with one attached hydrogen (secondary N) is 1. The molecule has 0 atom stereocenters. The maximum atomic E-state index is 11.9. The normalized spacial score (nSPS) is 14.4. The van der Waals surface area contributed by atoms with Crippen molar-refractivity contribution in [1.29, 1.82) is 0 Å². The molecule has 1 aromatic heterocycles. The predicted molar refractivity (Wildman–Crippen MR) is 70.8 cm³/mol. The summed E-state index contributed by atoms with van der Waals surface area (Å²) in [6.45, 7) is 3.38. The number of nitrogens with zero attached hydrogens (tertiary/aromatic N) is 2. The van der Waals surface area contributed by atoms with E-state index in [0.29, 0.717) is 12.4 Å². The van der Waals surface area contributed by atoms with Gasteiger partial charge >= 0.3 is 0 Å². The second-order valence-electron chi connectivity index (χ2n) is 4.58. The van der Waals surface area contributed by atoms with Crippen LogP contribution in [0.15, 0.2) is 35.1 Å². The van der Waals surface area contributed by atoms with Crippen LogP contribution in [-0.4, -0.2) is 16.5 Å². The zero-order valence-corrected chi connectivity index (χ0v) is 10.3. The number of hydrogen-bond acceptors (Lipinski definition) is 3. The zero-order valence-electron chi connectivity index (χ0n) is 10.3. The number of aryl methyl sites for hydroxylation is 1. The minimum absolute atomic E-state index is 0.00173. The van der Waals surface area contributed by atoms with Crippen LogP contribution < -0.4 is 10.5 Å². The Hall–Kier alpha value is -2.10. The molecule has 0 saturated heterocycles. The van der Waals surface area contributed by atoms with Gasteiger partial charge in [0.05, 0.1) is 17.8 Å². The molecule has 4 heteroatoms. The third kappa shape index (κ3) is 1.90. The Labute approximate surface area is 105 Å². The third-order valence-electron chi connectivity index (χ3n) is 3.31. The minimum atomic E-state index is -0.00173. The van der Waals surface area contributed by atoms with Gasteiger partial charge in [-0.1, -0.05) is 18.2 Å². The lowest BCUT2D eigenvalue weighted by molar-refractivity contribution is 0.691. The zero-order chi connectivity index (χ0) is 12.5. The summed E-state index contributed by atoms with van der Waals surface area (Å²) in [4.78, 5) is 21.4. The quantitative estimate of drug-likeness (QED) is 0.825. The van der Waals surface area contributed by atoms with Crippen LogP contribution in [0.3, 0.4) is 0 Å². The molecule has 0 amide bonds. The monoisotopic (exact) mass is 241 g/mol. The molecule has 0 spiro atoms. The maximum absolute atomic E-state index is 11.9. The van der Waals surface area contributed by atoms with Crippen LogP contribution in [-0.2, 0) is 13.0 Å². The summed E-state index contributed by atoms with van der Waals surface area (Å²) in [5.41, 5.74) is 2.90. The number of H-pyrrole nitrogens is 1. The number of para-hydroxylation sites is 1. The van der Waals surface area contributed by atoms with Gasteiger partial charge in [-0.15, -0.1) is 0 Å². The van der Waals surface area contributed by atoms with Crippen LogP contribution in [0.4, 0.5) is 5.69 Å². The van der Waals surface area contributed by atoms with Gasteiger partial charge < -0.3 is 9.88 Å². The Balaban J connectivity index is 1.97. The molecule has 0 unspecified atom stereocenters. The van der Waals surface area contributed by atoms with E-state index in [1.165, 1.54) is 0 Å². The van der Waals surface area contributed by atoms with Gasteiger partial charge in [0.15, 0.2) is 0 Å². The van der Waals surface area contributed by atoms with Gasteiger partial charge in [0, 0.05) is 18.7 Å². The van der Waals surface area contributed by atoms with Crippen LogP contribution in [0.5, 0.6) is 0 Å². The minimum Gasteiger partial charge on any atom is -0.367 e. The van der Waals surface area contributed by atoms with Gasteiger partial charge in [-0.2, -0.15) is 0 Å². The van der Waals surface area contributed by atoms with Crippen molar-refractivity contribution in [3.05, 3.63) is 57.8 Å². The van der Waals surface area contributed by atoms with E-state index >= 15 is 0 Å². The Kier molecular flexibility index (Phi) is 2.63. The van der Waals surface area contributed by atoms with Gasteiger partial charge in [0.1, 0.15) is 5.82 Å². The van der Waals surface area contributed by atoms with Gasteiger partial charge in [-0.05, 0) is 19.1 Å². The predicted octanol–water partition coefficient (Wildman–Crippen LogP) is 1.64. The number of aromatic nitrogens is 2. The summed E-state index contributed by atoms with van der Waals surface area (Å²) in [5.74, 6) is 0.701. The average Bonchev–Trinajstić information content (AvgIpc) is 2.39. The van der Waals surface area contributed by atoms with Crippen LogP contribution in [0, 0.1) is 6.92 Å². The smallest absolute Gasteiger partial charge is 0.256 e. The van der Waals surface area contributed by atoms with Crippen molar-refractivity contribution in [3.63, 3.8) is 0 Å². The number of aromatic amines is 1. The molecule has 4 nitrogen and oxygen atoms in total. The van der Waals surface area contributed by atoms with E-state index < -0.39 is 0 Å². The first-order valence-corrected chi connectivity index (χ1v) is 6.13. The molecule has 1 N–H and O–H groups in total. The van der Waals surface area contributed by atoms with Gasteiger partial charge in [0.2, 0.25) is 0 Å². The van der Waals surface area contributed by atoms with Crippen molar-refractivity contribution >= 4 is 5.69 Å². The summed E-state index contributed by atoms with van der Waals surface area (Å²) in [6.07, 6.45) is 0.828. The average molecular weight is 241 g/mol. The summed E-state index contributed by atoms with van der Waals surface area (Å²) >= 11 is 0. The van der Waals surface area contributed by atoms with Crippen molar-refractivity contribution in [2.45, 2.75) is 19.9 Å². The van der Waals surface area contributed by atoms with E-state index in [2.05, 4.69) is 27.0 Å². The summed E-state index contributed by atoms with van der Waals surface area (Å²) in [6, 6.07) is 10.2. The number of rotatable bonds is 1. The van der Waals surface area contributed by atoms with Crippen LogP contribution in [0.1, 0.15) is 17.1 Å². The molecular formula is C14H15N3O. The summed E-state index contributed by atoms with van der Waals surface area (Å²) < 4.78 is 0. The molecule has 1 aliphatic heterocycles. The van der Waals surface area contributed by atoms with Crippen LogP contribution in [0.25, 0.3) is 0 Å². The van der Waals surface area contributed by atoms with E-state index in [1.807, 2.05) is 25.1 Å². The second kappa shape index (κ2) is 4.29. The summed E-state index contributed by atoms with van der Waals surface area (Å²) in [7, 11) is 0. The molecule has 0 fully saturated rings. The molecule has 92 valence electrons. The first-order valence-electron chi connectivity index (χ1n) is 6.13. The van der Waals surface area contributed by atoms with Crippen LogP contribution in [0.2, 0.25) is 0 Å². The second-order valence-corrected chi connectivity index (χ2v) is 4.58. The van der Waals surface area contributed by atoms with Crippen molar-refractivity contribution in [3.8, 4) is 0 Å². The van der Waals surface area contributed by atoms with Crippen LogP contribution >= 0.6 is 0 Å². The molecule has 0 aliphatic carbocycles. The lowest BCUT2D eigenvalue weighted by Gasteiger charge is -2.29. The molecule has 0 saturated carbocycles. The van der Waals surface area contributed by atoms with Gasteiger partial charge in [-0.25, -0.2) is 4.98 Å². The number of fused-ring (bicyclic) bond motifs is 1. The molecular weight excluding hydrogens is 226 g/mol. The van der Waals surface area contributed by atoms with Crippen molar-refractivity contribution in [2.75, 3.05) is 11.4 Å². The van der Waals surface area contributed by atoms with E-state index in [0.717, 1.165) is 29.9 Å². The molecule has 18 heavy (non-hydrogen) atoms. The molecule has 0 bridgehead atoms. The number of benzene rings is 1. The number of anilines is 1. The Bertz CT molecular complexity index is 619. The highest BCUT2D eigenvalue weighted by Gasteiger charge is 2.20. The fourth-order valence-electron chi connectivity index (χ4n) is 2.41. The molecule has 1 aromatic carbocycles. The molecule has 0 radical (unpaired) electrons. The highest BCUT2D eigenvalue weighted by Crippen LogP contribution is 2.20. The van der Waals surface area contributed by atoms with E-state index in [9.17, 15) is 4.79 Å². The molecule has 2 heterocycles. The van der Waals surface area contributed by atoms with E-state index in [1.54, 1.807) is 0 Å². The maximum Gasteiger partial charge on any atom is 0.256 e. The first-order chi connectivity index (χ1) is 8.74. The fourth-order valence-corrected chi connectivity index (χ4v) is 2.41. The van der Waals surface area contributed by atoms with E-state index in [4.69, 9.17) is 0 Å². The highest BCUT2D eigenvalue weighted by atomic mass is 16.1. The van der Waals surface area contributed by atoms with Crippen molar-refractivity contribution in [2.24, 2.45) is 0 Å². The van der Waals surface area contributed by atoms with Gasteiger partial charge in [-0.3, -0.25) is 4.79 Å². The van der Waals surface area contributed by atoms with Crippen molar-refractivity contribution in [1.82, 2.24) is 9.97 Å². The number of hydrogen-bond donors (Lipinski definition) is 1. The third-order valence-corrected chi connectivity index (χ3v) is 3.31. The lowest BCUT2D eigenvalue weighted by Crippen LogP contribution is -2.35. The Morgan fingerprint density at radius 1 is 1.28 bits per heavy atom. The highest BCUT2D eigenvalue weighted by molar-refractivity contribution is 5.48. The first kappa shape index (κ1) is 11.0. The topological polar surface area (TPSA) is 49.0 Å². The molecule has 1 aliphatic rings. The van der Waals surface area contributed by atoms with E-state index in [-0.39, 0.29) is 5.56 Å². The largest absolute Gasteiger partial charge is 0.367 e. The van der Waals surface area contributed by atoms with Crippen molar-refractivity contribution < 1.29 is 0 Å². The standard InChI is InChI=1S/C14H15N3O/c1-10-15-13-7-8-17(9-12(13)14(18)16-10)11-5-3-2-4-6-11/h2-6H,7-9H2,1H3,(H,15,16,18). The molecule has 3 rings (SSSR count). The summed E-state index contributed by atoms with van der Waals surface area (Å²) in [5, 5.41) is 0. The van der Waals surface area contributed by atoms with Gasteiger partial charge in [0.25, 0.3) is 5.56 Å².